The molecule has 0 aliphatic heterocycles. The zero-order chi connectivity index (χ0) is 14.2. The Morgan fingerprint density at radius 2 is 2.05 bits per heavy atom. The molecule has 0 saturated carbocycles. The van der Waals surface area contributed by atoms with Gasteiger partial charge in [-0.2, -0.15) is 0 Å². The van der Waals surface area contributed by atoms with E-state index in [0.29, 0.717) is 13.0 Å². The lowest BCUT2D eigenvalue weighted by Gasteiger charge is -2.06. The molecule has 0 bridgehead atoms. The fourth-order valence-corrected chi connectivity index (χ4v) is 1.59. The number of aromatic amines is 1. The van der Waals surface area contributed by atoms with Crippen LogP contribution in [0, 0.1) is 0 Å². The van der Waals surface area contributed by atoms with Crippen LogP contribution in [-0.4, -0.2) is 22.6 Å². The Labute approximate surface area is 115 Å². The van der Waals surface area contributed by atoms with Crippen molar-refractivity contribution in [2.75, 3.05) is 6.54 Å². The standard InChI is InChI=1S/C14H15N3O3/c18-13-16-8-12(9-17-13)6-7-15-14(19)20-10-11-4-2-1-3-5-11/h1-5,8-9H,6-7,10H2,(H,15,19)(H,16,17,18). The summed E-state index contributed by atoms with van der Waals surface area (Å²) >= 11 is 0. The van der Waals surface area contributed by atoms with Crippen molar-refractivity contribution in [1.82, 2.24) is 15.3 Å². The maximum atomic E-state index is 11.5. The molecule has 2 N–H and O–H groups in total. The van der Waals surface area contributed by atoms with Crippen molar-refractivity contribution in [2.24, 2.45) is 0 Å². The third-order valence-electron chi connectivity index (χ3n) is 2.62. The lowest BCUT2D eigenvalue weighted by atomic mass is 10.2. The van der Waals surface area contributed by atoms with E-state index in [-0.39, 0.29) is 12.3 Å². The Hall–Kier alpha value is -2.63. The highest BCUT2D eigenvalue weighted by atomic mass is 16.5. The number of hydrogen-bond donors (Lipinski definition) is 2. The second-order valence-corrected chi connectivity index (χ2v) is 4.17. The van der Waals surface area contributed by atoms with Crippen molar-refractivity contribution in [2.45, 2.75) is 13.0 Å². The summed E-state index contributed by atoms with van der Waals surface area (Å²) in [5.41, 5.74) is 1.39. The van der Waals surface area contributed by atoms with E-state index >= 15 is 0 Å². The van der Waals surface area contributed by atoms with Crippen molar-refractivity contribution in [1.29, 1.82) is 0 Å². The van der Waals surface area contributed by atoms with Crippen LogP contribution in [0.2, 0.25) is 0 Å². The largest absolute Gasteiger partial charge is 0.445 e. The number of benzene rings is 1. The van der Waals surface area contributed by atoms with Crippen LogP contribution < -0.4 is 11.0 Å². The van der Waals surface area contributed by atoms with Crippen LogP contribution in [0.4, 0.5) is 4.79 Å². The minimum atomic E-state index is -0.466. The van der Waals surface area contributed by atoms with Gasteiger partial charge in [0.1, 0.15) is 6.61 Å². The van der Waals surface area contributed by atoms with E-state index in [9.17, 15) is 9.59 Å². The van der Waals surface area contributed by atoms with Gasteiger partial charge >= 0.3 is 11.8 Å². The number of carbonyl (C=O) groups excluding carboxylic acids is 1. The molecule has 1 heterocycles. The highest BCUT2D eigenvalue weighted by Crippen LogP contribution is 2.00. The van der Waals surface area contributed by atoms with Gasteiger partial charge in [0.2, 0.25) is 0 Å². The van der Waals surface area contributed by atoms with Crippen molar-refractivity contribution in [3.05, 3.63) is 64.3 Å². The molecule has 2 aromatic rings. The van der Waals surface area contributed by atoms with Crippen LogP contribution in [0.5, 0.6) is 0 Å². The monoisotopic (exact) mass is 273 g/mol. The van der Waals surface area contributed by atoms with Crippen LogP contribution >= 0.6 is 0 Å². The first-order valence-corrected chi connectivity index (χ1v) is 6.22. The molecule has 0 saturated heterocycles. The first-order valence-electron chi connectivity index (χ1n) is 6.22. The molecule has 0 unspecified atom stereocenters. The van der Waals surface area contributed by atoms with E-state index in [1.165, 1.54) is 6.20 Å². The SMILES string of the molecule is O=C(NCCc1cnc(=O)[nH]c1)OCc1ccccc1. The maximum Gasteiger partial charge on any atom is 0.407 e. The topological polar surface area (TPSA) is 84.1 Å². The van der Waals surface area contributed by atoms with Gasteiger partial charge in [0.05, 0.1) is 0 Å². The van der Waals surface area contributed by atoms with Gasteiger partial charge in [0.25, 0.3) is 0 Å². The molecule has 0 atom stereocenters. The molecule has 20 heavy (non-hydrogen) atoms. The van der Waals surface area contributed by atoms with Crippen molar-refractivity contribution in [3.63, 3.8) is 0 Å². The molecule has 2 rings (SSSR count). The van der Waals surface area contributed by atoms with E-state index in [1.54, 1.807) is 6.20 Å². The van der Waals surface area contributed by atoms with E-state index in [2.05, 4.69) is 15.3 Å². The number of ether oxygens (including phenoxy) is 1. The lowest BCUT2D eigenvalue weighted by molar-refractivity contribution is 0.140. The summed E-state index contributed by atoms with van der Waals surface area (Å²) in [4.78, 5) is 28.3. The smallest absolute Gasteiger partial charge is 0.407 e. The summed E-state index contributed by atoms with van der Waals surface area (Å²) < 4.78 is 5.06. The highest BCUT2D eigenvalue weighted by molar-refractivity contribution is 5.67. The number of nitrogens with zero attached hydrogens (tertiary/aromatic N) is 1. The number of H-pyrrole nitrogens is 1. The fourth-order valence-electron chi connectivity index (χ4n) is 1.59. The number of rotatable bonds is 5. The normalized spacial score (nSPS) is 10.0. The predicted octanol–water partition coefficient (Wildman–Crippen LogP) is 1.24. The molecule has 104 valence electrons. The van der Waals surface area contributed by atoms with Crippen LogP contribution in [0.25, 0.3) is 0 Å². The summed E-state index contributed by atoms with van der Waals surface area (Å²) in [6.45, 7) is 0.661. The highest BCUT2D eigenvalue weighted by Gasteiger charge is 2.02. The zero-order valence-electron chi connectivity index (χ0n) is 10.8. The minimum absolute atomic E-state index is 0.243. The van der Waals surface area contributed by atoms with Crippen LogP contribution in [0.3, 0.4) is 0 Å². The molecule has 6 nitrogen and oxygen atoms in total. The first kappa shape index (κ1) is 13.8. The third kappa shape index (κ3) is 4.56. The molecule has 0 spiro atoms. The molecule has 0 fully saturated rings. The second-order valence-electron chi connectivity index (χ2n) is 4.17. The van der Waals surface area contributed by atoms with Crippen molar-refractivity contribution < 1.29 is 9.53 Å². The maximum absolute atomic E-state index is 11.5. The average molecular weight is 273 g/mol. The van der Waals surface area contributed by atoms with Crippen molar-refractivity contribution >= 4 is 6.09 Å². The number of carbonyl (C=O) groups is 1. The molecule has 0 radical (unpaired) electrons. The minimum Gasteiger partial charge on any atom is -0.445 e. The molecule has 1 amide bonds. The summed E-state index contributed by atoms with van der Waals surface area (Å²) in [5.74, 6) is 0. The number of nitrogens with one attached hydrogen (secondary N) is 2. The lowest BCUT2D eigenvalue weighted by Crippen LogP contribution is -2.26. The number of aromatic nitrogens is 2. The van der Waals surface area contributed by atoms with Crippen LogP contribution in [0.15, 0.2) is 47.5 Å². The summed E-state index contributed by atoms with van der Waals surface area (Å²) in [7, 11) is 0. The summed E-state index contributed by atoms with van der Waals surface area (Å²) in [6, 6.07) is 9.46. The zero-order valence-corrected chi connectivity index (χ0v) is 10.8. The Morgan fingerprint density at radius 1 is 1.25 bits per heavy atom. The van der Waals surface area contributed by atoms with E-state index < -0.39 is 6.09 Å². The number of hydrogen-bond acceptors (Lipinski definition) is 4. The molecular weight excluding hydrogens is 258 g/mol. The Morgan fingerprint density at radius 3 is 2.75 bits per heavy atom. The summed E-state index contributed by atoms with van der Waals surface area (Å²) in [5, 5.41) is 2.64. The number of amides is 1. The Bertz CT molecular complexity index is 590. The van der Waals surface area contributed by atoms with Gasteiger partial charge in [0.15, 0.2) is 0 Å². The van der Waals surface area contributed by atoms with Gasteiger partial charge in [-0.25, -0.2) is 14.6 Å². The molecule has 0 aliphatic rings. The average Bonchev–Trinajstić information content (AvgIpc) is 2.48. The van der Waals surface area contributed by atoms with Gasteiger partial charge < -0.3 is 15.0 Å². The van der Waals surface area contributed by atoms with E-state index in [0.717, 1.165) is 11.1 Å². The first-order chi connectivity index (χ1) is 9.74. The summed E-state index contributed by atoms with van der Waals surface area (Å²) in [6.07, 6.45) is 3.16. The fraction of sp³-hybridized carbons (Fsp3) is 0.214. The van der Waals surface area contributed by atoms with Gasteiger partial charge in [-0.15, -0.1) is 0 Å². The third-order valence-corrected chi connectivity index (χ3v) is 2.62. The Balaban J connectivity index is 1.68. The molecule has 0 aliphatic carbocycles. The number of alkyl carbamates (subject to hydrolysis) is 1. The van der Waals surface area contributed by atoms with Crippen molar-refractivity contribution in [3.8, 4) is 0 Å². The second kappa shape index (κ2) is 7.08. The van der Waals surface area contributed by atoms with Gasteiger partial charge in [0, 0.05) is 18.9 Å². The van der Waals surface area contributed by atoms with Gasteiger partial charge in [-0.05, 0) is 17.5 Å². The molecule has 1 aromatic carbocycles. The Kier molecular flexibility index (Phi) is 4.88. The predicted molar refractivity (Wildman–Crippen MR) is 73.2 cm³/mol. The van der Waals surface area contributed by atoms with Crippen LogP contribution in [-0.2, 0) is 17.8 Å². The van der Waals surface area contributed by atoms with Gasteiger partial charge in [-0.1, -0.05) is 30.3 Å². The molecule has 6 heteroatoms. The van der Waals surface area contributed by atoms with Crippen LogP contribution in [0.1, 0.15) is 11.1 Å². The molecule has 1 aromatic heterocycles. The van der Waals surface area contributed by atoms with E-state index in [4.69, 9.17) is 4.74 Å². The van der Waals surface area contributed by atoms with E-state index in [1.807, 2.05) is 30.3 Å². The quantitative estimate of drug-likeness (QED) is 0.858. The molecular formula is C14H15N3O3. The van der Waals surface area contributed by atoms with Gasteiger partial charge in [-0.3, -0.25) is 0 Å².